The lowest BCUT2D eigenvalue weighted by atomic mass is 9.63. The van der Waals surface area contributed by atoms with Crippen LogP contribution in [0.4, 0.5) is 9.39 Å². The summed E-state index contributed by atoms with van der Waals surface area (Å²) in [6, 6.07) is 2.66. The standard InChI is InChI=1S/C31H33FN10O2S/c1-16(22-7-5-11-40(22)2)42-30-19(13-35-42)29(41-14-20(32)21(15-43)38-41)36-28(37-30)25-17-6-3-9-31(26(17)44-39-25)10-4-8-23-24(31)18(12-33)27(34)45-23/h13-14,16,22,43H,3-11,15,34H2,1-2H3. The van der Waals surface area contributed by atoms with Gasteiger partial charge in [-0.1, -0.05) is 5.16 Å². The van der Waals surface area contributed by atoms with E-state index in [1.165, 1.54) is 22.2 Å². The predicted octanol–water partition coefficient (Wildman–Crippen LogP) is 4.43. The molecule has 0 radical (unpaired) electrons. The molecule has 12 nitrogen and oxygen atoms in total. The molecule has 232 valence electrons. The maximum absolute atomic E-state index is 14.7. The molecule has 5 aromatic rings. The highest BCUT2D eigenvalue weighted by Gasteiger charge is 2.49. The highest BCUT2D eigenvalue weighted by atomic mass is 32.1. The van der Waals surface area contributed by atoms with Crippen molar-refractivity contribution in [1.29, 1.82) is 5.26 Å². The molecule has 1 fully saturated rings. The molecule has 2 aliphatic carbocycles. The first-order valence-corrected chi connectivity index (χ1v) is 16.3. The Kier molecular flexibility index (Phi) is 6.56. The van der Waals surface area contributed by atoms with E-state index in [0.717, 1.165) is 79.7 Å². The number of halogens is 1. The molecule has 8 rings (SSSR count). The largest absolute Gasteiger partial charge is 0.390 e. The number of nitrogens with zero attached hydrogens (tertiary/aromatic N) is 9. The Morgan fingerprint density at radius 1 is 1.27 bits per heavy atom. The number of fused-ring (bicyclic) bond motifs is 5. The van der Waals surface area contributed by atoms with Crippen molar-refractivity contribution in [2.45, 2.75) is 82.4 Å². The number of aryl methyl sites for hydroxylation is 1. The maximum Gasteiger partial charge on any atom is 0.186 e. The first-order chi connectivity index (χ1) is 21.8. The molecule has 3 atom stereocenters. The van der Waals surface area contributed by atoms with Crippen LogP contribution in [0, 0.1) is 17.1 Å². The van der Waals surface area contributed by atoms with Crippen molar-refractivity contribution >= 4 is 27.4 Å². The maximum atomic E-state index is 14.7. The fourth-order valence-corrected chi connectivity index (χ4v) is 9.18. The summed E-state index contributed by atoms with van der Waals surface area (Å²) in [4.78, 5) is 13.4. The van der Waals surface area contributed by atoms with Crippen LogP contribution < -0.4 is 5.73 Å². The Hall–Kier alpha value is -4.19. The second-order valence-electron chi connectivity index (χ2n) is 12.5. The second-order valence-corrected chi connectivity index (χ2v) is 13.7. The van der Waals surface area contributed by atoms with Crippen LogP contribution in [-0.4, -0.2) is 64.3 Å². The topological polar surface area (TPSA) is 161 Å². The van der Waals surface area contributed by atoms with E-state index in [9.17, 15) is 14.8 Å². The summed E-state index contributed by atoms with van der Waals surface area (Å²) in [6.07, 6.45) is 10.2. The van der Waals surface area contributed by atoms with Gasteiger partial charge in [-0.05, 0) is 77.4 Å². The summed E-state index contributed by atoms with van der Waals surface area (Å²) >= 11 is 1.51. The number of aliphatic hydroxyl groups excluding tert-OH is 1. The van der Waals surface area contributed by atoms with Crippen LogP contribution in [0.3, 0.4) is 0 Å². The fraction of sp³-hybridized carbons (Fsp3) is 0.484. The lowest BCUT2D eigenvalue weighted by molar-refractivity contribution is 0.232. The Bertz CT molecular complexity index is 2000. The summed E-state index contributed by atoms with van der Waals surface area (Å²) in [5.74, 6) is 0.797. The third kappa shape index (κ3) is 4.10. The number of hydrogen-bond acceptors (Lipinski definition) is 11. The molecule has 3 aliphatic rings. The number of nitriles is 1. The SMILES string of the molecule is CC(C1CCCN1C)n1ncc2c(-n3cc(F)c(CO)n3)nc(-c3noc4c3CCCC43CCCc4sc(N)c(C#N)c43)nc21. The first-order valence-electron chi connectivity index (χ1n) is 15.5. The van der Waals surface area contributed by atoms with E-state index in [0.29, 0.717) is 38.9 Å². The van der Waals surface area contributed by atoms with Crippen LogP contribution in [0.2, 0.25) is 0 Å². The molecule has 1 aliphatic heterocycles. The van der Waals surface area contributed by atoms with E-state index >= 15 is 0 Å². The second kappa shape index (κ2) is 10.4. The molecule has 3 N–H and O–H groups in total. The van der Waals surface area contributed by atoms with E-state index in [1.807, 2.05) is 4.68 Å². The Morgan fingerprint density at radius 2 is 2.09 bits per heavy atom. The molecule has 6 heterocycles. The lowest BCUT2D eigenvalue weighted by Gasteiger charge is -2.39. The summed E-state index contributed by atoms with van der Waals surface area (Å²) in [5, 5.41) is 34.5. The molecule has 0 bridgehead atoms. The van der Waals surface area contributed by atoms with Crippen molar-refractivity contribution in [2.24, 2.45) is 0 Å². The highest BCUT2D eigenvalue weighted by Crippen LogP contribution is 2.55. The monoisotopic (exact) mass is 628 g/mol. The van der Waals surface area contributed by atoms with Crippen LogP contribution >= 0.6 is 11.3 Å². The molecular weight excluding hydrogens is 595 g/mol. The van der Waals surface area contributed by atoms with Gasteiger partial charge in [-0.15, -0.1) is 11.3 Å². The summed E-state index contributed by atoms with van der Waals surface area (Å²) in [6.45, 7) is 2.62. The van der Waals surface area contributed by atoms with Crippen molar-refractivity contribution in [3.63, 3.8) is 0 Å². The van der Waals surface area contributed by atoms with Crippen LogP contribution in [0.25, 0.3) is 28.4 Å². The van der Waals surface area contributed by atoms with Gasteiger partial charge in [0.1, 0.15) is 16.8 Å². The normalized spacial score (nSPS) is 22.2. The number of aromatic nitrogens is 7. The van der Waals surface area contributed by atoms with E-state index in [4.69, 9.17) is 25.3 Å². The average molecular weight is 629 g/mol. The number of aliphatic hydroxyl groups is 1. The van der Waals surface area contributed by atoms with Crippen molar-refractivity contribution in [3.05, 3.63) is 51.2 Å². The number of likely N-dealkylation sites (N-methyl/N-ethyl adjacent to an activating group) is 1. The van der Waals surface area contributed by atoms with Gasteiger partial charge in [0.2, 0.25) is 0 Å². The number of anilines is 1. The molecule has 1 spiro atoms. The third-order valence-electron chi connectivity index (χ3n) is 10.1. The molecule has 5 aromatic heterocycles. The minimum absolute atomic E-state index is 0.0107. The van der Waals surface area contributed by atoms with Crippen molar-refractivity contribution in [2.75, 3.05) is 19.3 Å². The van der Waals surface area contributed by atoms with Gasteiger partial charge >= 0.3 is 0 Å². The summed E-state index contributed by atoms with van der Waals surface area (Å²) in [5.41, 5.74) is 9.36. The van der Waals surface area contributed by atoms with Gasteiger partial charge < -0.3 is 20.3 Å². The molecule has 1 saturated heterocycles. The molecule has 14 heteroatoms. The van der Waals surface area contributed by atoms with Gasteiger partial charge in [0.15, 0.2) is 34.6 Å². The number of nitrogens with two attached hydrogens (primary N) is 1. The smallest absolute Gasteiger partial charge is 0.186 e. The first kappa shape index (κ1) is 28.3. The number of rotatable bonds is 5. The van der Waals surface area contributed by atoms with Gasteiger partial charge in [0.25, 0.3) is 0 Å². The zero-order valence-electron chi connectivity index (χ0n) is 25.1. The van der Waals surface area contributed by atoms with Crippen molar-refractivity contribution < 1.29 is 14.0 Å². The van der Waals surface area contributed by atoms with E-state index < -0.39 is 17.8 Å². The quantitative estimate of drug-likeness (QED) is 0.285. The minimum atomic E-state index is -0.628. The van der Waals surface area contributed by atoms with Gasteiger partial charge in [0, 0.05) is 16.5 Å². The summed E-state index contributed by atoms with van der Waals surface area (Å²) < 4.78 is 24.2. The Morgan fingerprint density at radius 3 is 2.82 bits per heavy atom. The van der Waals surface area contributed by atoms with Gasteiger partial charge in [-0.2, -0.15) is 15.5 Å². The number of thiophene rings is 1. The zero-order valence-corrected chi connectivity index (χ0v) is 25.9. The van der Waals surface area contributed by atoms with Crippen LogP contribution in [0.15, 0.2) is 16.9 Å². The van der Waals surface area contributed by atoms with Crippen molar-refractivity contribution in [3.8, 4) is 23.4 Å². The fourth-order valence-electron chi connectivity index (χ4n) is 8.02. The van der Waals surface area contributed by atoms with Crippen LogP contribution in [0.5, 0.6) is 0 Å². The van der Waals surface area contributed by atoms with Gasteiger partial charge in [-0.25, -0.2) is 23.7 Å². The zero-order chi connectivity index (χ0) is 31.0. The molecule has 0 amide bonds. The van der Waals surface area contributed by atoms with Gasteiger partial charge in [0.05, 0.1) is 41.4 Å². The van der Waals surface area contributed by atoms with E-state index in [2.05, 4.69) is 35.2 Å². The average Bonchev–Trinajstić information content (AvgIpc) is 3.86. The number of nitrogen functional groups attached to an aromatic ring is 1. The molecule has 0 saturated carbocycles. The Labute approximate surface area is 262 Å². The van der Waals surface area contributed by atoms with Gasteiger partial charge in [-0.3, -0.25) is 0 Å². The number of hydrogen-bond donors (Lipinski definition) is 2. The van der Waals surface area contributed by atoms with Crippen LogP contribution in [0.1, 0.15) is 84.5 Å². The molecule has 3 unspecified atom stereocenters. The van der Waals surface area contributed by atoms with E-state index in [-0.39, 0.29) is 17.8 Å². The highest BCUT2D eigenvalue weighted by molar-refractivity contribution is 7.16. The van der Waals surface area contributed by atoms with Crippen LogP contribution in [-0.2, 0) is 24.9 Å². The third-order valence-corrected chi connectivity index (χ3v) is 11.2. The lowest BCUT2D eigenvalue weighted by Crippen LogP contribution is -2.35. The Balaban J connectivity index is 1.32. The predicted molar refractivity (Wildman–Crippen MR) is 164 cm³/mol. The van der Waals surface area contributed by atoms with Crippen molar-refractivity contribution in [1.82, 2.24) is 39.6 Å². The number of likely N-dealkylation sites (tertiary alicyclic amines) is 1. The molecule has 0 aromatic carbocycles. The summed E-state index contributed by atoms with van der Waals surface area (Å²) in [7, 11) is 2.13. The minimum Gasteiger partial charge on any atom is -0.390 e. The molecular formula is C31H33FN10O2S. The van der Waals surface area contributed by atoms with E-state index in [1.54, 1.807) is 6.20 Å². The molecule has 45 heavy (non-hydrogen) atoms.